The molecule has 2 N–H and O–H groups in total. The fourth-order valence-corrected chi connectivity index (χ4v) is 4.29. The summed E-state index contributed by atoms with van der Waals surface area (Å²) in [6, 6.07) is 0. The van der Waals surface area contributed by atoms with Crippen molar-refractivity contribution in [2.45, 2.75) is 44.4 Å². The summed E-state index contributed by atoms with van der Waals surface area (Å²) in [6.07, 6.45) is 2.52. The molecule has 0 radical (unpaired) electrons. The van der Waals surface area contributed by atoms with E-state index in [1.165, 1.54) is 18.6 Å². The van der Waals surface area contributed by atoms with E-state index < -0.39 is 0 Å². The van der Waals surface area contributed by atoms with Gasteiger partial charge in [-0.15, -0.1) is 0 Å². The highest BCUT2D eigenvalue weighted by Crippen LogP contribution is 2.38. The lowest BCUT2D eigenvalue weighted by Gasteiger charge is -2.50. The van der Waals surface area contributed by atoms with E-state index in [0.29, 0.717) is 11.2 Å². The first kappa shape index (κ1) is 16.3. The summed E-state index contributed by atoms with van der Waals surface area (Å²) in [6.45, 7) is 10.6. The van der Waals surface area contributed by atoms with E-state index in [2.05, 4.69) is 37.4 Å². The third-order valence-electron chi connectivity index (χ3n) is 4.01. The SMILES string of the molecule is COCCN(CC(C)C)C1(CN)CCCSC1C. The van der Waals surface area contributed by atoms with Crippen molar-refractivity contribution < 1.29 is 4.74 Å². The molecule has 1 aliphatic rings. The lowest BCUT2D eigenvalue weighted by molar-refractivity contribution is 0.0421. The van der Waals surface area contributed by atoms with Crippen molar-refractivity contribution in [3.8, 4) is 0 Å². The fraction of sp³-hybridized carbons (Fsp3) is 1.00. The Hall–Kier alpha value is 0.230. The van der Waals surface area contributed by atoms with Crippen LogP contribution in [0.15, 0.2) is 0 Å². The van der Waals surface area contributed by atoms with Crippen molar-refractivity contribution in [3.63, 3.8) is 0 Å². The van der Waals surface area contributed by atoms with Crippen molar-refractivity contribution >= 4 is 11.8 Å². The molecule has 2 atom stereocenters. The molecule has 1 aliphatic heterocycles. The second kappa shape index (κ2) is 7.73. The molecule has 1 saturated heterocycles. The summed E-state index contributed by atoms with van der Waals surface area (Å²) in [7, 11) is 1.78. The molecule has 2 unspecified atom stereocenters. The van der Waals surface area contributed by atoms with Crippen LogP contribution in [-0.4, -0.2) is 54.8 Å². The maximum Gasteiger partial charge on any atom is 0.0589 e. The van der Waals surface area contributed by atoms with Crippen LogP contribution in [0, 0.1) is 5.92 Å². The van der Waals surface area contributed by atoms with Gasteiger partial charge in [-0.05, 0) is 24.5 Å². The van der Waals surface area contributed by atoms with Crippen LogP contribution in [0.3, 0.4) is 0 Å². The summed E-state index contributed by atoms with van der Waals surface area (Å²) in [5, 5.41) is 0.617. The van der Waals surface area contributed by atoms with Crippen LogP contribution in [0.5, 0.6) is 0 Å². The Morgan fingerprint density at radius 2 is 2.22 bits per heavy atom. The van der Waals surface area contributed by atoms with Gasteiger partial charge >= 0.3 is 0 Å². The lowest BCUT2D eigenvalue weighted by atomic mass is 9.86. The third-order valence-corrected chi connectivity index (χ3v) is 5.48. The fourth-order valence-electron chi connectivity index (χ4n) is 2.95. The van der Waals surface area contributed by atoms with Crippen LogP contribution in [0.1, 0.15) is 33.6 Å². The highest BCUT2D eigenvalue weighted by Gasteiger charge is 2.42. The molecule has 0 saturated carbocycles. The number of rotatable bonds is 7. The lowest BCUT2D eigenvalue weighted by Crippen LogP contribution is -2.62. The first-order chi connectivity index (χ1) is 8.56. The number of hydrogen-bond acceptors (Lipinski definition) is 4. The van der Waals surface area contributed by atoms with Gasteiger partial charge in [-0.1, -0.05) is 20.8 Å². The molecule has 18 heavy (non-hydrogen) atoms. The number of thioether (sulfide) groups is 1. The maximum absolute atomic E-state index is 6.18. The zero-order chi connectivity index (χ0) is 13.6. The minimum absolute atomic E-state index is 0.172. The van der Waals surface area contributed by atoms with Gasteiger partial charge in [0, 0.05) is 37.5 Å². The molecule has 3 nitrogen and oxygen atoms in total. The molecule has 1 heterocycles. The minimum Gasteiger partial charge on any atom is -0.383 e. The zero-order valence-corrected chi connectivity index (χ0v) is 13.3. The van der Waals surface area contributed by atoms with E-state index in [4.69, 9.17) is 10.5 Å². The van der Waals surface area contributed by atoms with E-state index in [-0.39, 0.29) is 5.54 Å². The smallest absolute Gasteiger partial charge is 0.0589 e. The number of hydrogen-bond donors (Lipinski definition) is 1. The number of nitrogens with zero attached hydrogens (tertiary/aromatic N) is 1. The monoisotopic (exact) mass is 274 g/mol. The molecule has 0 aliphatic carbocycles. The number of ether oxygens (including phenoxy) is 1. The normalized spacial score (nSPS) is 29.2. The predicted octanol–water partition coefficient (Wildman–Crippen LogP) is 2.20. The summed E-state index contributed by atoms with van der Waals surface area (Å²) in [4.78, 5) is 2.60. The quantitative estimate of drug-likeness (QED) is 0.772. The van der Waals surface area contributed by atoms with E-state index in [1.54, 1.807) is 7.11 Å². The molecule has 0 aromatic rings. The van der Waals surface area contributed by atoms with Gasteiger partial charge in [-0.3, -0.25) is 4.90 Å². The minimum atomic E-state index is 0.172. The van der Waals surface area contributed by atoms with Gasteiger partial charge in [0.2, 0.25) is 0 Å². The molecule has 1 rings (SSSR count). The Labute approximate surface area is 117 Å². The largest absolute Gasteiger partial charge is 0.383 e. The van der Waals surface area contributed by atoms with Crippen LogP contribution in [0.2, 0.25) is 0 Å². The topological polar surface area (TPSA) is 38.5 Å². The van der Waals surface area contributed by atoms with Crippen molar-refractivity contribution in [1.29, 1.82) is 0 Å². The van der Waals surface area contributed by atoms with Gasteiger partial charge in [0.15, 0.2) is 0 Å². The second-order valence-electron chi connectivity index (χ2n) is 5.76. The van der Waals surface area contributed by atoms with Crippen molar-refractivity contribution in [2.75, 3.05) is 39.1 Å². The molecular weight excluding hydrogens is 244 g/mol. The first-order valence-electron chi connectivity index (χ1n) is 7.12. The van der Waals surface area contributed by atoms with Gasteiger partial charge in [0.05, 0.1) is 6.61 Å². The van der Waals surface area contributed by atoms with Gasteiger partial charge in [-0.25, -0.2) is 0 Å². The predicted molar refractivity (Wildman–Crippen MR) is 81.2 cm³/mol. The van der Waals surface area contributed by atoms with Crippen molar-refractivity contribution in [3.05, 3.63) is 0 Å². The molecular formula is C14H30N2OS. The molecule has 0 spiro atoms. The molecule has 0 bridgehead atoms. The zero-order valence-electron chi connectivity index (χ0n) is 12.4. The highest BCUT2D eigenvalue weighted by molar-refractivity contribution is 8.00. The average Bonchev–Trinajstić information content (AvgIpc) is 2.35. The summed E-state index contributed by atoms with van der Waals surface area (Å²) < 4.78 is 5.28. The molecule has 4 heteroatoms. The molecule has 1 fully saturated rings. The average molecular weight is 274 g/mol. The van der Waals surface area contributed by atoms with Crippen LogP contribution >= 0.6 is 11.8 Å². The highest BCUT2D eigenvalue weighted by atomic mass is 32.2. The Morgan fingerprint density at radius 3 is 2.72 bits per heavy atom. The molecule has 0 aromatic heterocycles. The Kier molecular flexibility index (Phi) is 6.99. The van der Waals surface area contributed by atoms with E-state index in [1.807, 2.05) is 0 Å². The van der Waals surface area contributed by atoms with Crippen molar-refractivity contribution in [1.82, 2.24) is 4.90 Å². The van der Waals surface area contributed by atoms with E-state index >= 15 is 0 Å². The molecule has 0 amide bonds. The van der Waals surface area contributed by atoms with Gasteiger partial charge in [-0.2, -0.15) is 11.8 Å². The Balaban J connectivity index is 2.82. The summed E-state index contributed by atoms with van der Waals surface area (Å²) >= 11 is 2.08. The molecule has 108 valence electrons. The molecule has 0 aromatic carbocycles. The number of methoxy groups -OCH3 is 1. The summed E-state index contributed by atoms with van der Waals surface area (Å²) in [5.41, 5.74) is 6.35. The first-order valence-corrected chi connectivity index (χ1v) is 8.17. The third kappa shape index (κ3) is 3.86. The van der Waals surface area contributed by atoms with Crippen LogP contribution in [-0.2, 0) is 4.74 Å². The number of nitrogens with two attached hydrogens (primary N) is 1. The Morgan fingerprint density at radius 1 is 1.50 bits per heavy atom. The Bertz CT molecular complexity index is 238. The standard InChI is InChI=1S/C14H30N2OS/c1-12(2)10-16(7-8-17-4)14(11-15)6-5-9-18-13(14)3/h12-13H,5-11,15H2,1-4H3. The van der Waals surface area contributed by atoms with Crippen LogP contribution in [0.4, 0.5) is 0 Å². The van der Waals surface area contributed by atoms with Gasteiger partial charge in [0.1, 0.15) is 0 Å². The van der Waals surface area contributed by atoms with Crippen molar-refractivity contribution in [2.24, 2.45) is 11.7 Å². The van der Waals surface area contributed by atoms with Gasteiger partial charge < -0.3 is 10.5 Å². The second-order valence-corrected chi connectivity index (χ2v) is 7.21. The van der Waals surface area contributed by atoms with Crippen LogP contribution in [0.25, 0.3) is 0 Å². The van der Waals surface area contributed by atoms with E-state index in [9.17, 15) is 0 Å². The van der Waals surface area contributed by atoms with Crippen LogP contribution < -0.4 is 5.73 Å². The summed E-state index contributed by atoms with van der Waals surface area (Å²) in [5.74, 6) is 1.95. The van der Waals surface area contributed by atoms with E-state index in [0.717, 1.165) is 26.2 Å². The van der Waals surface area contributed by atoms with Gasteiger partial charge in [0.25, 0.3) is 0 Å². The maximum atomic E-state index is 6.18.